The van der Waals surface area contributed by atoms with Crippen molar-refractivity contribution >= 4 is 34.7 Å². The maximum Gasteiger partial charge on any atom is 0.190 e. The Morgan fingerprint density at radius 2 is 1.62 bits per heavy atom. The van der Waals surface area contributed by atoms with Crippen LogP contribution in [0.3, 0.4) is 0 Å². The number of carbonyl (C=O) groups excluding carboxylic acids is 6. The van der Waals surface area contributed by atoms with E-state index in [1.54, 1.807) is 33.8 Å². The highest BCUT2D eigenvalue weighted by atomic mass is 16.3. The highest BCUT2D eigenvalue weighted by Gasteiger charge is 2.76. The smallest absolute Gasteiger partial charge is 0.190 e. The first-order valence-electron chi connectivity index (χ1n) is 15.3. The molecule has 0 radical (unpaired) electrons. The maximum atomic E-state index is 14.4. The van der Waals surface area contributed by atoms with Crippen molar-refractivity contribution < 1.29 is 39.0 Å². The van der Waals surface area contributed by atoms with Crippen molar-refractivity contribution in [1.29, 1.82) is 0 Å². The van der Waals surface area contributed by atoms with Crippen molar-refractivity contribution in [2.45, 2.75) is 92.1 Å². The number of hydrogen-bond acceptors (Lipinski definition) is 8. The number of Topliss-reactive ketones (excluding diaryl/α,β-unsaturated/α-hetero) is 6. The van der Waals surface area contributed by atoms with Crippen LogP contribution in [0, 0.1) is 46.3 Å². The minimum absolute atomic E-state index is 0.0349. The summed E-state index contributed by atoms with van der Waals surface area (Å²) in [4.78, 5) is 82.1. The first kappa shape index (κ1) is 30.5. The number of rotatable bonds is 5. The Morgan fingerprint density at radius 1 is 1.00 bits per heavy atom. The van der Waals surface area contributed by atoms with Gasteiger partial charge in [-0.1, -0.05) is 47.5 Å². The van der Waals surface area contributed by atoms with Gasteiger partial charge in [-0.2, -0.15) is 0 Å². The van der Waals surface area contributed by atoms with Gasteiger partial charge in [0, 0.05) is 23.3 Å². The fourth-order valence-corrected chi connectivity index (χ4v) is 9.30. The second kappa shape index (κ2) is 10.0. The molecule has 0 amide bonds. The third-order valence-electron chi connectivity index (χ3n) is 11.2. The van der Waals surface area contributed by atoms with E-state index in [0.717, 1.165) is 32.6 Å². The standard InChI is InChI=1S/C34H42O8/c1-16(2)26-28(38)24(18(4)35)30(40)34(42)31(41)27-29(39)25-21(14-32(27,5)15-33(26,34)6)20(11-12-22(25)36)23(37)13-19-9-7-17(3)8-10-19/h11-12,16-17,19,24,26-27,36,42H,7-10,13-15H2,1-6H3/t17?,19?,24?,26?,27?,32-,33-,34+/m1/s1. The van der Waals surface area contributed by atoms with E-state index in [4.69, 9.17) is 0 Å². The summed E-state index contributed by atoms with van der Waals surface area (Å²) in [5, 5.41) is 22.9. The summed E-state index contributed by atoms with van der Waals surface area (Å²) in [5.74, 6) is -8.58. The largest absolute Gasteiger partial charge is 0.507 e. The Balaban J connectivity index is 1.62. The summed E-state index contributed by atoms with van der Waals surface area (Å²) in [7, 11) is 0. The van der Waals surface area contributed by atoms with Gasteiger partial charge < -0.3 is 10.2 Å². The Bertz CT molecular complexity index is 1410. The van der Waals surface area contributed by atoms with Gasteiger partial charge in [-0.3, -0.25) is 28.8 Å². The molecule has 0 bridgehead atoms. The van der Waals surface area contributed by atoms with Gasteiger partial charge in [0.15, 0.2) is 34.5 Å². The fourth-order valence-electron chi connectivity index (χ4n) is 9.30. The lowest BCUT2D eigenvalue weighted by Gasteiger charge is -2.61. The molecular formula is C34H42O8. The van der Waals surface area contributed by atoms with Gasteiger partial charge in [-0.15, -0.1) is 0 Å². The first-order chi connectivity index (χ1) is 19.5. The van der Waals surface area contributed by atoms with Crippen molar-refractivity contribution in [3.63, 3.8) is 0 Å². The molecule has 2 N–H and O–H groups in total. The van der Waals surface area contributed by atoms with Crippen LogP contribution in [0.2, 0.25) is 0 Å². The average molecular weight is 579 g/mol. The van der Waals surface area contributed by atoms with E-state index in [2.05, 4.69) is 6.92 Å². The molecule has 0 aromatic heterocycles. The lowest BCUT2D eigenvalue weighted by atomic mass is 9.40. The Labute approximate surface area is 246 Å². The molecule has 226 valence electrons. The summed E-state index contributed by atoms with van der Waals surface area (Å²) < 4.78 is 0. The van der Waals surface area contributed by atoms with Crippen LogP contribution in [0.5, 0.6) is 5.75 Å². The van der Waals surface area contributed by atoms with Crippen LogP contribution in [-0.2, 0) is 25.6 Å². The minimum Gasteiger partial charge on any atom is -0.507 e. The van der Waals surface area contributed by atoms with Gasteiger partial charge in [0.25, 0.3) is 0 Å². The lowest BCUT2D eigenvalue weighted by molar-refractivity contribution is -0.205. The number of aromatic hydroxyl groups is 1. The summed E-state index contributed by atoms with van der Waals surface area (Å²) in [6.07, 6.45) is 4.41. The van der Waals surface area contributed by atoms with Crippen molar-refractivity contribution in [2.24, 2.45) is 46.3 Å². The zero-order valence-corrected chi connectivity index (χ0v) is 25.4. The molecule has 0 spiro atoms. The summed E-state index contributed by atoms with van der Waals surface area (Å²) in [6, 6.07) is 2.84. The highest BCUT2D eigenvalue weighted by Crippen LogP contribution is 2.63. The van der Waals surface area contributed by atoms with Crippen LogP contribution in [0.1, 0.15) is 106 Å². The van der Waals surface area contributed by atoms with Crippen LogP contribution in [0.4, 0.5) is 0 Å². The molecule has 3 unspecified atom stereocenters. The van der Waals surface area contributed by atoms with Crippen molar-refractivity contribution in [3.8, 4) is 5.75 Å². The molecule has 4 aliphatic rings. The quantitative estimate of drug-likeness (QED) is 0.384. The summed E-state index contributed by atoms with van der Waals surface area (Å²) >= 11 is 0. The zero-order chi connectivity index (χ0) is 31.1. The molecule has 6 atom stereocenters. The molecule has 1 aromatic rings. The third kappa shape index (κ3) is 4.11. The molecule has 3 saturated carbocycles. The zero-order valence-electron chi connectivity index (χ0n) is 25.4. The van der Waals surface area contributed by atoms with Crippen molar-refractivity contribution in [3.05, 3.63) is 28.8 Å². The van der Waals surface area contributed by atoms with E-state index in [0.29, 0.717) is 23.5 Å². The number of fused-ring (bicyclic) bond motifs is 3. The van der Waals surface area contributed by atoms with E-state index in [1.807, 2.05) is 0 Å². The molecule has 8 heteroatoms. The van der Waals surface area contributed by atoms with Crippen LogP contribution in [0.15, 0.2) is 12.1 Å². The third-order valence-corrected chi connectivity index (χ3v) is 11.2. The Morgan fingerprint density at radius 3 is 2.19 bits per heavy atom. The van der Waals surface area contributed by atoms with E-state index >= 15 is 0 Å². The Kier molecular flexibility index (Phi) is 7.28. The Hall–Kier alpha value is -3.00. The number of phenols is 1. The van der Waals surface area contributed by atoms with Gasteiger partial charge in [-0.05, 0) is 73.5 Å². The average Bonchev–Trinajstić information content (AvgIpc) is 2.87. The van der Waals surface area contributed by atoms with Gasteiger partial charge in [-0.25, -0.2) is 0 Å². The second-order valence-corrected chi connectivity index (χ2v) is 14.6. The molecule has 1 aromatic carbocycles. The highest BCUT2D eigenvalue weighted by molar-refractivity contribution is 6.32. The predicted molar refractivity (Wildman–Crippen MR) is 153 cm³/mol. The molecule has 3 fully saturated rings. The summed E-state index contributed by atoms with van der Waals surface area (Å²) in [6.45, 7) is 10.1. The van der Waals surface area contributed by atoms with Crippen LogP contribution in [0.25, 0.3) is 0 Å². The topological polar surface area (TPSA) is 143 Å². The number of benzene rings is 1. The van der Waals surface area contributed by atoms with Crippen LogP contribution < -0.4 is 0 Å². The minimum atomic E-state index is -2.73. The van der Waals surface area contributed by atoms with E-state index in [1.165, 1.54) is 6.07 Å². The molecular weight excluding hydrogens is 536 g/mol. The second-order valence-electron chi connectivity index (χ2n) is 14.6. The van der Waals surface area contributed by atoms with Gasteiger partial charge in [0.05, 0.1) is 11.5 Å². The fraction of sp³-hybridized carbons (Fsp3) is 0.647. The number of aliphatic hydroxyl groups is 1. The van der Waals surface area contributed by atoms with Gasteiger partial charge >= 0.3 is 0 Å². The number of ketones is 6. The van der Waals surface area contributed by atoms with E-state index in [-0.39, 0.29) is 35.9 Å². The van der Waals surface area contributed by atoms with Gasteiger partial charge in [0.2, 0.25) is 0 Å². The number of phenolic OH excluding ortho intramolecular Hbond substituents is 1. The normalized spacial score (nSPS) is 38.1. The molecule has 0 heterocycles. The molecule has 5 rings (SSSR count). The summed E-state index contributed by atoms with van der Waals surface area (Å²) in [5.41, 5.74) is -4.86. The molecule has 0 saturated heterocycles. The first-order valence-corrected chi connectivity index (χ1v) is 15.3. The monoisotopic (exact) mass is 578 g/mol. The molecule has 4 aliphatic carbocycles. The molecule has 8 nitrogen and oxygen atoms in total. The van der Waals surface area contributed by atoms with E-state index < -0.39 is 69.0 Å². The van der Waals surface area contributed by atoms with E-state index in [9.17, 15) is 39.0 Å². The van der Waals surface area contributed by atoms with Crippen molar-refractivity contribution in [1.82, 2.24) is 0 Å². The van der Waals surface area contributed by atoms with Crippen LogP contribution >= 0.6 is 0 Å². The SMILES string of the molecule is CC(=O)C1C(=O)C(C(C)C)[C@@]2(C)C[C@@]3(C)Cc4c(C(=O)CC5CCC(C)CC5)ccc(O)c4C(=O)C3C(=O)[C@@]2(O)C1=O. The molecule has 0 aliphatic heterocycles. The predicted octanol–water partition coefficient (Wildman–Crippen LogP) is 4.49. The van der Waals surface area contributed by atoms with Crippen molar-refractivity contribution in [2.75, 3.05) is 0 Å². The number of carbonyl (C=O) groups is 6. The van der Waals surface area contributed by atoms with Gasteiger partial charge in [0.1, 0.15) is 17.5 Å². The maximum absolute atomic E-state index is 14.4. The number of hydrogen-bond donors (Lipinski definition) is 2. The lowest BCUT2D eigenvalue weighted by Crippen LogP contribution is -2.76. The molecule has 42 heavy (non-hydrogen) atoms. The van der Waals surface area contributed by atoms with Crippen LogP contribution in [-0.4, -0.2) is 50.5 Å².